The molecule has 1 heterocycles. The van der Waals surface area contributed by atoms with Crippen LogP contribution in [0.25, 0.3) is 15.7 Å². The molecule has 114 valence electrons. The van der Waals surface area contributed by atoms with E-state index in [-0.39, 0.29) is 10.7 Å². The molecule has 3 rings (SSSR count). The average molecular weight is 388 g/mol. The molecule has 0 fully saturated rings. The van der Waals surface area contributed by atoms with E-state index < -0.39 is 10.0 Å². The van der Waals surface area contributed by atoms with Crippen molar-refractivity contribution in [2.24, 2.45) is 0 Å². The molecule has 3 aromatic rings. The van der Waals surface area contributed by atoms with Crippen LogP contribution in [-0.2, 0) is 10.0 Å². The number of benzene rings is 2. The summed E-state index contributed by atoms with van der Waals surface area (Å²) in [5.74, 6) is 0.241. The second-order valence-corrected chi connectivity index (χ2v) is 7.25. The quantitative estimate of drug-likeness (QED) is 0.679. The van der Waals surface area contributed by atoms with Crippen LogP contribution in [-0.4, -0.2) is 13.4 Å². The number of nitrogens with one attached hydrogen (secondary N) is 1. The van der Waals surface area contributed by atoms with Gasteiger partial charge in [0.1, 0.15) is 5.82 Å². The minimum atomic E-state index is -3.74. The molecule has 0 amide bonds. The van der Waals surface area contributed by atoms with Gasteiger partial charge in [-0.25, -0.2) is 18.2 Å². The van der Waals surface area contributed by atoms with Crippen molar-refractivity contribution in [1.29, 1.82) is 0 Å². The SMILES string of the molecule is [C-]#[N+]c1ccc(S(=O)(=O)Nc2ccc3c(Br)cccc3n2)cc1. The fourth-order valence-corrected chi connectivity index (χ4v) is 3.56. The van der Waals surface area contributed by atoms with Crippen LogP contribution < -0.4 is 4.72 Å². The van der Waals surface area contributed by atoms with Gasteiger partial charge in [0.25, 0.3) is 10.0 Å². The lowest BCUT2D eigenvalue weighted by atomic mass is 10.2. The molecule has 0 aliphatic carbocycles. The van der Waals surface area contributed by atoms with Crippen molar-refractivity contribution in [3.8, 4) is 0 Å². The highest BCUT2D eigenvalue weighted by atomic mass is 79.9. The first-order valence-corrected chi connectivity index (χ1v) is 8.83. The number of fused-ring (bicyclic) bond motifs is 1. The molecule has 7 heteroatoms. The van der Waals surface area contributed by atoms with E-state index >= 15 is 0 Å². The minimum absolute atomic E-state index is 0.0843. The molecule has 0 bridgehead atoms. The Balaban J connectivity index is 1.95. The molecule has 0 atom stereocenters. The highest BCUT2D eigenvalue weighted by Crippen LogP contribution is 2.25. The first kappa shape index (κ1) is 15.5. The smallest absolute Gasteiger partial charge is 0.262 e. The topological polar surface area (TPSA) is 63.4 Å². The summed E-state index contributed by atoms with van der Waals surface area (Å²) in [5, 5.41) is 0.900. The molecule has 2 aromatic carbocycles. The summed E-state index contributed by atoms with van der Waals surface area (Å²) in [5.41, 5.74) is 1.07. The minimum Gasteiger partial charge on any atom is -0.263 e. The van der Waals surface area contributed by atoms with Crippen molar-refractivity contribution < 1.29 is 8.42 Å². The summed E-state index contributed by atoms with van der Waals surface area (Å²) in [6.45, 7) is 6.89. The van der Waals surface area contributed by atoms with Crippen LogP contribution in [0.1, 0.15) is 0 Å². The van der Waals surface area contributed by atoms with Crippen molar-refractivity contribution in [2.45, 2.75) is 4.90 Å². The van der Waals surface area contributed by atoms with Crippen LogP contribution in [0.4, 0.5) is 11.5 Å². The largest absolute Gasteiger partial charge is 0.263 e. The monoisotopic (exact) mass is 387 g/mol. The van der Waals surface area contributed by atoms with Crippen LogP contribution in [0, 0.1) is 6.57 Å². The molecule has 0 unspecified atom stereocenters. The molecule has 5 nitrogen and oxygen atoms in total. The van der Waals surface area contributed by atoms with E-state index in [2.05, 4.69) is 30.5 Å². The lowest BCUT2D eigenvalue weighted by Gasteiger charge is -2.08. The van der Waals surface area contributed by atoms with E-state index in [4.69, 9.17) is 6.57 Å². The predicted octanol–water partition coefficient (Wildman–Crippen LogP) is 4.35. The number of hydrogen-bond donors (Lipinski definition) is 1. The van der Waals surface area contributed by atoms with Gasteiger partial charge in [0.2, 0.25) is 0 Å². The summed E-state index contributed by atoms with van der Waals surface area (Å²) in [6.07, 6.45) is 0. The van der Waals surface area contributed by atoms with Crippen LogP contribution >= 0.6 is 15.9 Å². The zero-order valence-electron chi connectivity index (χ0n) is 11.7. The standard InChI is InChI=1S/C16H10BrN3O2S/c1-18-11-5-7-12(8-6-11)23(21,22)20-16-10-9-13-14(17)3-2-4-15(13)19-16/h2-10H,(H,19,20). The molecule has 1 N–H and O–H groups in total. The fraction of sp³-hybridized carbons (Fsp3) is 0. The number of nitrogens with zero attached hydrogens (tertiary/aromatic N) is 2. The summed E-state index contributed by atoms with van der Waals surface area (Å²) in [4.78, 5) is 7.63. The third-order valence-electron chi connectivity index (χ3n) is 3.19. The Hall–Kier alpha value is -2.43. The van der Waals surface area contributed by atoms with Gasteiger partial charge in [-0.15, -0.1) is 0 Å². The highest BCUT2D eigenvalue weighted by molar-refractivity contribution is 9.10. The van der Waals surface area contributed by atoms with E-state index in [1.807, 2.05) is 18.2 Å². The van der Waals surface area contributed by atoms with Crippen molar-refractivity contribution in [1.82, 2.24) is 4.98 Å². The van der Waals surface area contributed by atoms with Crippen LogP contribution in [0.2, 0.25) is 0 Å². The van der Waals surface area contributed by atoms with Gasteiger partial charge in [-0.05, 0) is 24.3 Å². The fourth-order valence-electron chi connectivity index (χ4n) is 2.07. The zero-order valence-corrected chi connectivity index (χ0v) is 14.1. The Morgan fingerprint density at radius 1 is 1.04 bits per heavy atom. The second kappa shape index (κ2) is 5.99. The molecule has 0 aliphatic heterocycles. The van der Waals surface area contributed by atoms with Crippen LogP contribution in [0.3, 0.4) is 0 Å². The normalized spacial score (nSPS) is 11.1. The maximum atomic E-state index is 12.4. The maximum absolute atomic E-state index is 12.4. The van der Waals surface area contributed by atoms with Gasteiger partial charge in [-0.3, -0.25) is 4.72 Å². The van der Waals surface area contributed by atoms with E-state index in [0.29, 0.717) is 11.2 Å². The summed E-state index contributed by atoms with van der Waals surface area (Å²) in [7, 11) is -3.74. The van der Waals surface area contributed by atoms with Gasteiger partial charge < -0.3 is 0 Å². The summed E-state index contributed by atoms with van der Waals surface area (Å²) >= 11 is 3.43. The van der Waals surface area contributed by atoms with E-state index in [1.54, 1.807) is 12.1 Å². The number of pyridine rings is 1. The summed E-state index contributed by atoms with van der Waals surface area (Å²) < 4.78 is 28.1. The second-order valence-electron chi connectivity index (χ2n) is 4.71. The molecule has 0 saturated heterocycles. The van der Waals surface area contributed by atoms with Gasteiger partial charge in [0.15, 0.2) is 5.69 Å². The van der Waals surface area contributed by atoms with Gasteiger partial charge in [0, 0.05) is 9.86 Å². The molecule has 0 aliphatic rings. The van der Waals surface area contributed by atoms with Gasteiger partial charge in [-0.2, -0.15) is 0 Å². The van der Waals surface area contributed by atoms with Gasteiger partial charge in [-0.1, -0.05) is 46.3 Å². The van der Waals surface area contributed by atoms with E-state index in [1.165, 1.54) is 24.3 Å². The molecule has 23 heavy (non-hydrogen) atoms. The molecular weight excluding hydrogens is 378 g/mol. The van der Waals surface area contributed by atoms with Crippen molar-refractivity contribution in [2.75, 3.05) is 4.72 Å². The number of sulfonamides is 1. The Kier molecular flexibility index (Phi) is 4.03. The number of hydrogen-bond acceptors (Lipinski definition) is 3. The molecular formula is C16H10BrN3O2S. The van der Waals surface area contributed by atoms with E-state index in [9.17, 15) is 8.42 Å². The Morgan fingerprint density at radius 3 is 2.48 bits per heavy atom. The number of anilines is 1. The van der Waals surface area contributed by atoms with Gasteiger partial charge in [0.05, 0.1) is 17.0 Å². The molecule has 0 saturated carbocycles. The number of rotatable bonds is 3. The van der Waals surface area contributed by atoms with Gasteiger partial charge >= 0.3 is 0 Å². The highest BCUT2D eigenvalue weighted by Gasteiger charge is 2.15. The molecule has 0 spiro atoms. The van der Waals surface area contributed by atoms with E-state index in [0.717, 1.165) is 9.86 Å². The summed E-state index contributed by atoms with van der Waals surface area (Å²) in [6, 6.07) is 14.7. The Morgan fingerprint density at radius 2 is 1.78 bits per heavy atom. The van der Waals surface area contributed by atoms with Crippen molar-refractivity contribution in [3.05, 3.63) is 70.5 Å². The predicted molar refractivity (Wildman–Crippen MR) is 93.0 cm³/mol. The Labute approximate surface area is 142 Å². The van der Waals surface area contributed by atoms with Crippen molar-refractivity contribution >= 4 is 48.4 Å². The lowest BCUT2D eigenvalue weighted by molar-refractivity contribution is 0.601. The zero-order chi connectivity index (χ0) is 16.4. The molecule has 1 aromatic heterocycles. The van der Waals surface area contributed by atoms with Crippen molar-refractivity contribution in [3.63, 3.8) is 0 Å². The first-order valence-electron chi connectivity index (χ1n) is 6.55. The lowest BCUT2D eigenvalue weighted by Crippen LogP contribution is -2.13. The average Bonchev–Trinajstić information content (AvgIpc) is 2.54. The van der Waals surface area contributed by atoms with Crippen LogP contribution in [0.15, 0.2) is 64.0 Å². The third-order valence-corrected chi connectivity index (χ3v) is 5.26. The number of halogens is 1. The Bertz CT molecular complexity index is 1030. The number of aromatic nitrogens is 1. The maximum Gasteiger partial charge on any atom is 0.262 e. The molecule has 0 radical (unpaired) electrons. The first-order chi connectivity index (χ1) is 11.0. The van der Waals surface area contributed by atoms with Crippen LogP contribution in [0.5, 0.6) is 0 Å². The third kappa shape index (κ3) is 3.18.